The van der Waals surface area contributed by atoms with E-state index in [2.05, 4.69) is 15.9 Å². The van der Waals surface area contributed by atoms with E-state index < -0.39 is 17.6 Å². The highest BCUT2D eigenvalue weighted by atomic mass is 79.9. The van der Waals surface area contributed by atoms with Crippen molar-refractivity contribution in [3.8, 4) is 0 Å². The normalized spacial score (nSPS) is 11.4. The molecule has 0 aliphatic heterocycles. The van der Waals surface area contributed by atoms with Crippen molar-refractivity contribution in [2.45, 2.75) is 19.5 Å². The van der Waals surface area contributed by atoms with Gasteiger partial charge in [0.2, 0.25) is 0 Å². The molecule has 0 bridgehead atoms. The number of carbonyl (C=O) groups is 1. The van der Waals surface area contributed by atoms with Gasteiger partial charge in [-0.2, -0.15) is 13.2 Å². The van der Waals surface area contributed by atoms with Crippen molar-refractivity contribution >= 4 is 21.8 Å². The van der Waals surface area contributed by atoms with E-state index >= 15 is 0 Å². The zero-order chi connectivity index (χ0) is 13.9. The summed E-state index contributed by atoms with van der Waals surface area (Å²) in [5, 5.41) is 0. The van der Waals surface area contributed by atoms with Crippen molar-refractivity contribution in [3.63, 3.8) is 0 Å². The van der Waals surface area contributed by atoms with Crippen LogP contribution in [-0.2, 0) is 6.18 Å². The molecule has 1 aromatic rings. The molecule has 0 saturated heterocycles. The molecule has 0 aliphatic carbocycles. The monoisotopic (exact) mass is 323 g/mol. The third-order valence-electron chi connectivity index (χ3n) is 2.42. The quantitative estimate of drug-likeness (QED) is 0.824. The van der Waals surface area contributed by atoms with Crippen molar-refractivity contribution in [1.29, 1.82) is 0 Å². The van der Waals surface area contributed by atoms with Gasteiger partial charge in [-0.05, 0) is 24.6 Å². The number of rotatable bonds is 3. The molecule has 0 atom stereocenters. The summed E-state index contributed by atoms with van der Waals surface area (Å²) in [5.74, 6) is -0.614. The number of carbonyl (C=O) groups excluding carboxylic acids is 1. The van der Waals surface area contributed by atoms with Crippen LogP contribution in [0.15, 0.2) is 22.7 Å². The van der Waals surface area contributed by atoms with Crippen LogP contribution in [0, 0.1) is 0 Å². The van der Waals surface area contributed by atoms with Crippen LogP contribution < -0.4 is 0 Å². The highest BCUT2D eigenvalue weighted by molar-refractivity contribution is 9.10. The Balaban J connectivity index is 3.20. The lowest BCUT2D eigenvalue weighted by molar-refractivity contribution is -0.138. The Labute approximate surface area is 112 Å². The summed E-state index contributed by atoms with van der Waals surface area (Å²) in [4.78, 5) is 13.2. The fourth-order valence-corrected chi connectivity index (χ4v) is 1.94. The second-order valence-electron chi connectivity index (χ2n) is 3.91. The summed E-state index contributed by atoms with van der Waals surface area (Å²) < 4.78 is 38.8. The summed E-state index contributed by atoms with van der Waals surface area (Å²) in [5.41, 5.74) is -1.23. The molecule has 18 heavy (non-hydrogen) atoms. The van der Waals surface area contributed by atoms with Crippen LogP contribution in [0.1, 0.15) is 29.3 Å². The zero-order valence-corrected chi connectivity index (χ0v) is 11.6. The van der Waals surface area contributed by atoms with Gasteiger partial charge in [0, 0.05) is 18.1 Å². The Morgan fingerprint density at radius 1 is 1.39 bits per heavy atom. The van der Waals surface area contributed by atoms with Gasteiger partial charge in [0.05, 0.1) is 11.1 Å². The summed E-state index contributed by atoms with van der Waals surface area (Å²) in [6.45, 7) is 2.28. The zero-order valence-electron chi connectivity index (χ0n) is 10.0. The van der Waals surface area contributed by atoms with Crippen molar-refractivity contribution in [2.75, 3.05) is 13.6 Å². The number of hydrogen-bond acceptors (Lipinski definition) is 1. The molecule has 0 N–H and O–H groups in total. The molecule has 1 amide bonds. The predicted molar refractivity (Wildman–Crippen MR) is 66.4 cm³/mol. The molecule has 6 heteroatoms. The molecule has 0 spiro atoms. The molecule has 0 fully saturated rings. The van der Waals surface area contributed by atoms with Gasteiger partial charge >= 0.3 is 6.18 Å². The lowest BCUT2D eigenvalue weighted by Crippen LogP contribution is -2.29. The molecule has 0 aromatic heterocycles. The SMILES string of the molecule is CCCN(C)C(=O)c1ccc(Br)cc1C(F)(F)F. The Hall–Kier alpha value is -1.04. The van der Waals surface area contributed by atoms with E-state index in [9.17, 15) is 18.0 Å². The molecule has 0 unspecified atom stereocenters. The second-order valence-corrected chi connectivity index (χ2v) is 4.83. The van der Waals surface area contributed by atoms with E-state index in [0.717, 1.165) is 6.07 Å². The Morgan fingerprint density at radius 2 is 2.00 bits per heavy atom. The van der Waals surface area contributed by atoms with Crippen molar-refractivity contribution < 1.29 is 18.0 Å². The average molecular weight is 324 g/mol. The average Bonchev–Trinajstić information content (AvgIpc) is 2.27. The molecule has 0 radical (unpaired) electrons. The molecular weight excluding hydrogens is 311 g/mol. The van der Waals surface area contributed by atoms with Gasteiger partial charge in [-0.3, -0.25) is 4.79 Å². The van der Waals surface area contributed by atoms with E-state index in [1.165, 1.54) is 24.1 Å². The van der Waals surface area contributed by atoms with E-state index in [1.54, 1.807) is 0 Å². The lowest BCUT2D eigenvalue weighted by Gasteiger charge is -2.19. The molecular formula is C12H13BrF3NO. The van der Waals surface area contributed by atoms with Gasteiger partial charge in [0.1, 0.15) is 0 Å². The first-order valence-corrected chi connectivity index (χ1v) is 6.19. The fraction of sp³-hybridized carbons (Fsp3) is 0.417. The molecule has 1 aromatic carbocycles. The van der Waals surface area contributed by atoms with Crippen LogP contribution in [-0.4, -0.2) is 24.4 Å². The van der Waals surface area contributed by atoms with Gasteiger partial charge in [-0.15, -0.1) is 0 Å². The van der Waals surface area contributed by atoms with Gasteiger partial charge < -0.3 is 4.90 Å². The maximum atomic E-state index is 12.8. The van der Waals surface area contributed by atoms with Crippen molar-refractivity contribution in [2.24, 2.45) is 0 Å². The Bertz CT molecular complexity index is 445. The second kappa shape index (κ2) is 5.73. The van der Waals surface area contributed by atoms with E-state index in [4.69, 9.17) is 0 Å². The van der Waals surface area contributed by atoms with Crippen molar-refractivity contribution in [3.05, 3.63) is 33.8 Å². The fourth-order valence-electron chi connectivity index (χ4n) is 1.58. The maximum Gasteiger partial charge on any atom is 0.417 e. The summed E-state index contributed by atoms with van der Waals surface area (Å²) in [6.07, 6.45) is -3.85. The molecule has 2 nitrogen and oxygen atoms in total. The van der Waals surface area contributed by atoms with E-state index in [0.29, 0.717) is 17.4 Å². The standard InChI is InChI=1S/C12H13BrF3NO/c1-3-6-17(2)11(18)9-5-4-8(13)7-10(9)12(14,15)16/h4-5,7H,3,6H2,1-2H3. The van der Waals surface area contributed by atoms with Gasteiger partial charge in [-0.1, -0.05) is 22.9 Å². The maximum absolute atomic E-state index is 12.8. The molecule has 0 heterocycles. The molecule has 100 valence electrons. The number of benzene rings is 1. The largest absolute Gasteiger partial charge is 0.417 e. The van der Waals surface area contributed by atoms with Crippen LogP contribution in [0.5, 0.6) is 0 Å². The Morgan fingerprint density at radius 3 is 2.50 bits per heavy atom. The minimum atomic E-state index is -4.54. The first-order chi connectivity index (χ1) is 8.27. The molecule has 1 rings (SSSR count). The number of halogens is 4. The minimum Gasteiger partial charge on any atom is -0.342 e. The topological polar surface area (TPSA) is 20.3 Å². The van der Waals surface area contributed by atoms with Crippen LogP contribution in [0.2, 0.25) is 0 Å². The van der Waals surface area contributed by atoms with Crippen LogP contribution in [0.25, 0.3) is 0 Å². The van der Waals surface area contributed by atoms with E-state index in [1.807, 2.05) is 6.92 Å². The minimum absolute atomic E-state index is 0.296. The Kier molecular flexibility index (Phi) is 4.78. The number of nitrogens with zero attached hydrogens (tertiary/aromatic N) is 1. The summed E-state index contributed by atoms with van der Waals surface area (Å²) in [6, 6.07) is 3.55. The highest BCUT2D eigenvalue weighted by Crippen LogP contribution is 2.34. The lowest BCUT2D eigenvalue weighted by atomic mass is 10.1. The first kappa shape index (κ1) is 15.0. The number of alkyl halides is 3. The summed E-state index contributed by atoms with van der Waals surface area (Å²) in [7, 11) is 1.49. The predicted octanol–water partition coefficient (Wildman–Crippen LogP) is 3.95. The molecule has 0 saturated carbocycles. The van der Waals surface area contributed by atoms with E-state index in [-0.39, 0.29) is 5.56 Å². The number of amides is 1. The summed E-state index contributed by atoms with van der Waals surface area (Å²) >= 11 is 2.98. The third-order valence-corrected chi connectivity index (χ3v) is 2.92. The van der Waals surface area contributed by atoms with Gasteiger partial charge in [0.15, 0.2) is 0 Å². The third kappa shape index (κ3) is 3.48. The van der Waals surface area contributed by atoms with Crippen molar-refractivity contribution in [1.82, 2.24) is 4.90 Å². The smallest absolute Gasteiger partial charge is 0.342 e. The number of hydrogen-bond donors (Lipinski definition) is 0. The van der Waals surface area contributed by atoms with Crippen LogP contribution in [0.4, 0.5) is 13.2 Å². The molecule has 0 aliphatic rings. The highest BCUT2D eigenvalue weighted by Gasteiger charge is 2.35. The van der Waals surface area contributed by atoms with Crippen LogP contribution >= 0.6 is 15.9 Å². The van der Waals surface area contributed by atoms with Crippen LogP contribution in [0.3, 0.4) is 0 Å². The van der Waals surface area contributed by atoms with Gasteiger partial charge in [0.25, 0.3) is 5.91 Å². The van der Waals surface area contributed by atoms with Gasteiger partial charge in [-0.25, -0.2) is 0 Å². The first-order valence-electron chi connectivity index (χ1n) is 5.39.